The lowest BCUT2D eigenvalue weighted by molar-refractivity contribution is 0.0938. The summed E-state index contributed by atoms with van der Waals surface area (Å²) in [5.74, 6) is -0.362. The highest BCUT2D eigenvalue weighted by Crippen LogP contribution is 2.05. The van der Waals surface area contributed by atoms with Gasteiger partial charge in [0.2, 0.25) is 0 Å². The summed E-state index contributed by atoms with van der Waals surface area (Å²) in [6.45, 7) is 7.48. The Labute approximate surface area is 123 Å². The van der Waals surface area contributed by atoms with Gasteiger partial charge in [0, 0.05) is 23.9 Å². The maximum Gasteiger partial charge on any atom is 0.261 e. The van der Waals surface area contributed by atoms with Crippen molar-refractivity contribution in [3.05, 3.63) is 50.7 Å². The fourth-order valence-corrected chi connectivity index (χ4v) is 2.14. The molecular formula is C15H20N4O2. The number of amides is 1. The minimum atomic E-state index is -0.363. The normalized spacial score (nSPS) is 12.2. The topological polar surface area (TPSA) is 90.6 Å². The predicted octanol–water partition coefficient (Wildman–Crippen LogP) is 1.38. The summed E-state index contributed by atoms with van der Waals surface area (Å²) in [7, 11) is 0. The fraction of sp³-hybridized carbons (Fsp3) is 0.400. The smallest absolute Gasteiger partial charge is 0.261 e. The van der Waals surface area contributed by atoms with Gasteiger partial charge in [-0.05, 0) is 45.4 Å². The number of aromatic nitrogens is 3. The maximum absolute atomic E-state index is 12.2. The van der Waals surface area contributed by atoms with Crippen LogP contribution in [0.15, 0.2) is 16.9 Å². The maximum atomic E-state index is 12.2. The van der Waals surface area contributed by atoms with Crippen LogP contribution >= 0.6 is 0 Å². The molecule has 112 valence electrons. The second kappa shape index (κ2) is 5.95. The SMILES string of the molecule is Cc1cc(CC(C)NC(=O)c2cc(C)c(C)[nH]c2=O)n[nH]1. The van der Waals surface area contributed by atoms with E-state index in [-0.39, 0.29) is 23.1 Å². The van der Waals surface area contributed by atoms with Gasteiger partial charge in [-0.25, -0.2) is 0 Å². The third-order valence-electron chi connectivity index (χ3n) is 3.39. The molecule has 0 radical (unpaired) electrons. The van der Waals surface area contributed by atoms with Crippen molar-refractivity contribution in [1.29, 1.82) is 0 Å². The molecule has 21 heavy (non-hydrogen) atoms. The Morgan fingerprint density at radius 1 is 1.33 bits per heavy atom. The van der Waals surface area contributed by atoms with Crippen molar-refractivity contribution in [2.75, 3.05) is 0 Å². The number of carbonyl (C=O) groups is 1. The van der Waals surface area contributed by atoms with Crippen LogP contribution in [0.3, 0.4) is 0 Å². The van der Waals surface area contributed by atoms with Crippen molar-refractivity contribution < 1.29 is 4.79 Å². The quantitative estimate of drug-likeness (QED) is 0.794. The van der Waals surface area contributed by atoms with E-state index in [1.807, 2.05) is 26.8 Å². The molecular weight excluding hydrogens is 268 g/mol. The van der Waals surface area contributed by atoms with Crippen LogP contribution in [0.4, 0.5) is 0 Å². The highest BCUT2D eigenvalue weighted by atomic mass is 16.2. The number of hydrogen-bond acceptors (Lipinski definition) is 3. The lowest BCUT2D eigenvalue weighted by Crippen LogP contribution is -2.37. The molecule has 1 amide bonds. The van der Waals surface area contributed by atoms with Gasteiger partial charge in [0.25, 0.3) is 11.5 Å². The first kappa shape index (κ1) is 15.0. The summed E-state index contributed by atoms with van der Waals surface area (Å²) in [6.07, 6.45) is 0.610. The second-order valence-electron chi connectivity index (χ2n) is 5.44. The van der Waals surface area contributed by atoms with E-state index in [0.29, 0.717) is 6.42 Å². The summed E-state index contributed by atoms with van der Waals surface area (Å²) in [5, 5.41) is 9.83. The Balaban J connectivity index is 2.07. The minimum Gasteiger partial charge on any atom is -0.349 e. The van der Waals surface area contributed by atoms with Crippen LogP contribution in [-0.2, 0) is 6.42 Å². The van der Waals surface area contributed by atoms with E-state index in [9.17, 15) is 9.59 Å². The van der Waals surface area contributed by atoms with Gasteiger partial charge in [-0.3, -0.25) is 14.7 Å². The van der Waals surface area contributed by atoms with Crippen LogP contribution < -0.4 is 10.9 Å². The standard InChI is InChI=1S/C15H20N4O2/c1-8-5-13(15(21)17-11(8)4)14(20)16-9(2)6-12-7-10(3)18-19-12/h5,7,9H,6H2,1-4H3,(H,16,20)(H,17,21)(H,18,19). The Morgan fingerprint density at radius 2 is 2.05 bits per heavy atom. The summed E-state index contributed by atoms with van der Waals surface area (Å²) in [6, 6.07) is 3.45. The number of aryl methyl sites for hydroxylation is 3. The second-order valence-corrected chi connectivity index (χ2v) is 5.44. The van der Waals surface area contributed by atoms with E-state index in [1.165, 1.54) is 0 Å². The molecule has 3 N–H and O–H groups in total. The van der Waals surface area contributed by atoms with Crippen LogP contribution in [-0.4, -0.2) is 27.1 Å². The predicted molar refractivity (Wildman–Crippen MR) is 80.5 cm³/mol. The molecule has 0 fully saturated rings. The number of nitrogens with one attached hydrogen (secondary N) is 3. The molecule has 2 rings (SSSR count). The van der Waals surface area contributed by atoms with Crippen LogP contribution in [0.1, 0.15) is 39.9 Å². The number of carbonyl (C=O) groups excluding carboxylic acids is 1. The zero-order chi connectivity index (χ0) is 15.6. The van der Waals surface area contributed by atoms with Crippen LogP contribution in [0.25, 0.3) is 0 Å². The summed E-state index contributed by atoms with van der Waals surface area (Å²) in [4.78, 5) is 26.7. The van der Waals surface area contributed by atoms with Gasteiger partial charge < -0.3 is 10.3 Å². The van der Waals surface area contributed by atoms with Crippen molar-refractivity contribution in [2.45, 2.75) is 40.2 Å². The average molecular weight is 288 g/mol. The molecule has 0 spiro atoms. The number of pyridine rings is 1. The molecule has 0 bridgehead atoms. The van der Waals surface area contributed by atoms with Gasteiger partial charge in [-0.2, -0.15) is 5.10 Å². The summed E-state index contributed by atoms with van der Waals surface area (Å²) >= 11 is 0. The summed E-state index contributed by atoms with van der Waals surface area (Å²) < 4.78 is 0. The molecule has 2 aromatic heterocycles. The number of aromatic amines is 2. The van der Waals surface area contributed by atoms with E-state index in [1.54, 1.807) is 13.0 Å². The van der Waals surface area contributed by atoms with E-state index in [2.05, 4.69) is 20.5 Å². The van der Waals surface area contributed by atoms with Crippen LogP contribution in [0.2, 0.25) is 0 Å². The van der Waals surface area contributed by atoms with Gasteiger partial charge in [0.15, 0.2) is 0 Å². The van der Waals surface area contributed by atoms with E-state index >= 15 is 0 Å². The lowest BCUT2D eigenvalue weighted by Gasteiger charge is -2.12. The van der Waals surface area contributed by atoms with Crippen molar-refractivity contribution in [3.63, 3.8) is 0 Å². The van der Waals surface area contributed by atoms with Crippen molar-refractivity contribution >= 4 is 5.91 Å². The first-order valence-corrected chi connectivity index (χ1v) is 6.89. The molecule has 0 aliphatic carbocycles. The van der Waals surface area contributed by atoms with Crippen LogP contribution in [0.5, 0.6) is 0 Å². The molecule has 1 atom stereocenters. The Bertz CT molecular complexity index is 715. The number of nitrogens with zero attached hydrogens (tertiary/aromatic N) is 1. The molecule has 0 aliphatic heterocycles. The third kappa shape index (κ3) is 3.59. The van der Waals surface area contributed by atoms with Crippen LogP contribution in [0, 0.1) is 20.8 Å². The zero-order valence-electron chi connectivity index (χ0n) is 12.7. The fourth-order valence-electron chi connectivity index (χ4n) is 2.14. The van der Waals surface area contributed by atoms with Gasteiger partial charge in [0.1, 0.15) is 5.56 Å². The molecule has 0 aromatic carbocycles. The van der Waals surface area contributed by atoms with Gasteiger partial charge >= 0.3 is 0 Å². The third-order valence-corrected chi connectivity index (χ3v) is 3.39. The number of H-pyrrole nitrogens is 2. The molecule has 1 unspecified atom stereocenters. The Morgan fingerprint density at radius 3 is 2.67 bits per heavy atom. The molecule has 0 saturated heterocycles. The molecule has 2 aromatic rings. The first-order valence-electron chi connectivity index (χ1n) is 6.89. The zero-order valence-corrected chi connectivity index (χ0v) is 12.7. The van der Waals surface area contributed by atoms with Gasteiger partial charge in [-0.15, -0.1) is 0 Å². The molecule has 0 aliphatic rings. The highest BCUT2D eigenvalue weighted by Gasteiger charge is 2.15. The van der Waals surface area contributed by atoms with Gasteiger partial charge in [-0.1, -0.05) is 0 Å². The highest BCUT2D eigenvalue weighted by molar-refractivity contribution is 5.94. The largest absolute Gasteiger partial charge is 0.349 e. The summed E-state index contributed by atoms with van der Waals surface area (Å²) in [5.41, 5.74) is 3.30. The molecule has 2 heterocycles. The average Bonchev–Trinajstić information content (AvgIpc) is 2.78. The van der Waals surface area contributed by atoms with Crippen molar-refractivity contribution in [3.8, 4) is 0 Å². The van der Waals surface area contributed by atoms with E-state index in [4.69, 9.17) is 0 Å². The monoisotopic (exact) mass is 288 g/mol. The van der Waals surface area contributed by atoms with Crippen molar-refractivity contribution in [2.24, 2.45) is 0 Å². The Hall–Kier alpha value is -2.37. The molecule has 6 nitrogen and oxygen atoms in total. The first-order chi connectivity index (χ1) is 9.86. The van der Waals surface area contributed by atoms with Gasteiger partial charge in [0.05, 0.1) is 5.69 Å². The number of rotatable bonds is 4. The van der Waals surface area contributed by atoms with E-state index < -0.39 is 0 Å². The lowest BCUT2D eigenvalue weighted by atomic mass is 10.1. The Kier molecular flexibility index (Phi) is 4.26. The van der Waals surface area contributed by atoms with E-state index in [0.717, 1.165) is 22.6 Å². The minimum absolute atomic E-state index is 0.110. The molecule has 0 saturated carbocycles. The van der Waals surface area contributed by atoms with Crippen molar-refractivity contribution in [1.82, 2.24) is 20.5 Å². The number of hydrogen-bond donors (Lipinski definition) is 3. The molecule has 6 heteroatoms.